The molecule has 0 N–H and O–H groups in total. The molecular formula is C8H6NNaO2S3. The van der Waals surface area contributed by atoms with Gasteiger partial charge in [-0.15, -0.1) is 22.7 Å². The minimum atomic E-state index is -2.13. The maximum atomic E-state index is 10.6. The zero-order chi connectivity index (χ0) is 10.1. The Kier molecular flexibility index (Phi) is 5.11. The first-order chi connectivity index (χ1) is 6.66. The van der Waals surface area contributed by atoms with Crippen molar-refractivity contribution in [1.29, 1.82) is 0 Å². The zero-order valence-electron chi connectivity index (χ0n) is 8.22. The van der Waals surface area contributed by atoms with Gasteiger partial charge >= 0.3 is 29.6 Å². The summed E-state index contributed by atoms with van der Waals surface area (Å²) in [6, 6.07) is 3.38. The second-order valence-electron chi connectivity index (χ2n) is 2.61. The third-order valence-corrected chi connectivity index (χ3v) is 4.42. The Labute approximate surface area is 120 Å². The molecule has 0 aliphatic rings. The van der Waals surface area contributed by atoms with Crippen molar-refractivity contribution < 1.29 is 38.3 Å². The van der Waals surface area contributed by atoms with Gasteiger partial charge in [0.2, 0.25) is 0 Å². The molecule has 0 radical (unpaired) electrons. The maximum absolute atomic E-state index is 10.6. The maximum Gasteiger partial charge on any atom is 1.00 e. The summed E-state index contributed by atoms with van der Waals surface area (Å²) in [5, 5.41) is 2.91. The van der Waals surface area contributed by atoms with Crippen LogP contribution in [0.4, 0.5) is 0 Å². The molecule has 0 aliphatic heterocycles. The van der Waals surface area contributed by atoms with E-state index in [0.29, 0.717) is 4.21 Å². The monoisotopic (exact) mass is 267 g/mol. The van der Waals surface area contributed by atoms with Crippen LogP contribution in [0.15, 0.2) is 21.7 Å². The molecule has 0 saturated heterocycles. The smallest absolute Gasteiger partial charge is 0.768 e. The summed E-state index contributed by atoms with van der Waals surface area (Å²) in [5.74, 6) is 0. The average Bonchev–Trinajstić information content (AvgIpc) is 2.70. The molecule has 0 bridgehead atoms. The first kappa shape index (κ1) is 13.5. The number of rotatable bonds is 2. The van der Waals surface area contributed by atoms with Gasteiger partial charge in [0.25, 0.3) is 0 Å². The fourth-order valence-corrected chi connectivity index (χ4v) is 3.13. The van der Waals surface area contributed by atoms with Crippen LogP contribution in [-0.4, -0.2) is 13.7 Å². The first-order valence-corrected chi connectivity index (χ1v) is 6.55. The molecule has 15 heavy (non-hydrogen) atoms. The van der Waals surface area contributed by atoms with Gasteiger partial charge in [0.05, 0.1) is 19.8 Å². The number of nitrogens with zero attached hydrogens (tertiary/aromatic N) is 1. The van der Waals surface area contributed by atoms with Crippen molar-refractivity contribution in [3.63, 3.8) is 0 Å². The summed E-state index contributed by atoms with van der Waals surface area (Å²) in [5.41, 5.74) is 0.856. The molecule has 0 amide bonds. The van der Waals surface area contributed by atoms with Gasteiger partial charge in [-0.3, -0.25) is 4.21 Å². The molecule has 2 rings (SSSR count). The zero-order valence-corrected chi connectivity index (χ0v) is 12.7. The van der Waals surface area contributed by atoms with Gasteiger partial charge in [-0.25, -0.2) is 4.98 Å². The second kappa shape index (κ2) is 5.67. The Morgan fingerprint density at radius 3 is 2.67 bits per heavy atom. The molecule has 7 heteroatoms. The molecule has 0 spiro atoms. The second-order valence-corrected chi connectivity index (χ2v) is 5.92. The number of aryl methyl sites for hydroxylation is 1. The van der Waals surface area contributed by atoms with E-state index in [1.165, 1.54) is 11.3 Å². The summed E-state index contributed by atoms with van der Waals surface area (Å²) < 4.78 is 21.6. The van der Waals surface area contributed by atoms with Gasteiger partial charge in [0, 0.05) is 5.38 Å². The Bertz CT molecular complexity index is 480. The minimum absolute atomic E-state index is 0. The molecule has 0 fully saturated rings. The molecule has 1 atom stereocenters. The van der Waals surface area contributed by atoms with E-state index >= 15 is 0 Å². The van der Waals surface area contributed by atoms with Gasteiger partial charge in [0.15, 0.2) is 0 Å². The fourth-order valence-electron chi connectivity index (χ4n) is 1.02. The molecule has 3 nitrogen and oxygen atoms in total. The van der Waals surface area contributed by atoms with Crippen molar-refractivity contribution in [2.45, 2.75) is 11.1 Å². The molecule has 74 valence electrons. The fraction of sp³-hybridized carbons (Fsp3) is 0.125. The van der Waals surface area contributed by atoms with Crippen LogP contribution < -0.4 is 29.6 Å². The van der Waals surface area contributed by atoms with Gasteiger partial charge in [0.1, 0.15) is 0 Å². The molecule has 0 aromatic carbocycles. The predicted molar refractivity (Wildman–Crippen MR) is 57.3 cm³/mol. The minimum Gasteiger partial charge on any atom is -0.768 e. The van der Waals surface area contributed by atoms with Crippen LogP contribution in [0.1, 0.15) is 5.01 Å². The number of hydrogen-bond donors (Lipinski definition) is 0. The van der Waals surface area contributed by atoms with E-state index in [0.717, 1.165) is 15.6 Å². The van der Waals surface area contributed by atoms with E-state index in [1.54, 1.807) is 23.5 Å². The Morgan fingerprint density at radius 2 is 2.20 bits per heavy atom. The third kappa shape index (κ3) is 3.20. The summed E-state index contributed by atoms with van der Waals surface area (Å²) in [6.07, 6.45) is 0. The summed E-state index contributed by atoms with van der Waals surface area (Å²) in [4.78, 5) is 5.18. The molecular weight excluding hydrogens is 261 g/mol. The van der Waals surface area contributed by atoms with E-state index in [4.69, 9.17) is 0 Å². The summed E-state index contributed by atoms with van der Waals surface area (Å²) >= 11 is 0.666. The molecule has 0 aliphatic carbocycles. The first-order valence-electron chi connectivity index (χ1n) is 3.78. The molecule has 2 aromatic heterocycles. The Balaban J connectivity index is 0.00000112. The van der Waals surface area contributed by atoms with Crippen molar-refractivity contribution in [2.75, 3.05) is 0 Å². The SMILES string of the molecule is Cc1nc(-c2ccc(S(=O)[O-])s2)cs1.[Na+]. The molecule has 2 aromatic rings. The van der Waals surface area contributed by atoms with Gasteiger partial charge < -0.3 is 4.55 Å². The van der Waals surface area contributed by atoms with Crippen molar-refractivity contribution in [2.24, 2.45) is 0 Å². The number of aromatic nitrogens is 1. The average molecular weight is 267 g/mol. The summed E-state index contributed by atoms with van der Waals surface area (Å²) in [6.45, 7) is 1.93. The topological polar surface area (TPSA) is 53.0 Å². The van der Waals surface area contributed by atoms with Crippen molar-refractivity contribution >= 4 is 33.8 Å². The van der Waals surface area contributed by atoms with Crippen molar-refractivity contribution in [3.05, 3.63) is 22.5 Å². The number of thiazole rings is 1. The van der Waals surface area contributed by atoms with E-state index in [1.807, 2.05) is 12.3 Å². The van der Waals surface area contributed by atoms with Gasteiger partial charge in [-0.1, -0.05) is 0 Å². The standard InChI is InChI=1S/C8H7NO2S3.Na/c1-5-9-6(4-12-5)7-2-3-8(13-7)14(10)11;/h2-4H,1H3,(H,10,11);/q;+1/p-1. The van der Waals surface area contributed by atoms with Crippen LogP contribution in [0.2, 0.25) is 0 Å². The number of hydrogen-bond acceptors (Lipinski definition) is 5. The Morgan fingerprint density at radius 1 is 1.47 bits per heavy atom. The largest absolute Gasteiger partial charge is 1.00 e. The van der Waals surface area contributed by atoms with Crippen molar-refractivity contribution in [3.8, 4) is 10.6 Å². The van der Waals surface area contributed by atoms with Crippen LogP contribution in [-0.2, 0) is 11.1 Å². The van der Waals surface area contributed by atoms with Crippen LogP contribution >= 0.6 is 22.7 Å². The predicted octanol–water partition coefficient (Wildman–Crippen LogP) is -0.578. The van der Waals surface area contributed by atoms with Gasteiger partial charge in [-0.2, -0.15) is 0 Å². The van der Waals surface area contributed by atoms with E-state index in [2.05, 4.69) is 4.98 Å². The molecule has 2 heterocycles. The Hall–Kier alpha value is 0.440. The third-order valence-electron chi connectivity index (χ3n) is 1.62. The molecule has 1 unspecified atom stereocenters. The van der Waals surface area contributed by atoms with E-state index < -0.39 is 11.1 Å². The van der Waals surface area contributed by atoms with Crippen molar-refractivity contribution in [1.82, 2.24) is 4.98 Å². The quantitative estimate of drug-likeness (QED) is 0.540. The van der Waals surface area contributed by atoms with Crippen LogP contribution in [0, 0.1) is 6.92 Å². The van der Waals surface area contributed by atoms with Crippen LogP contribution in [0.25, 0.3) is 10.6 Å². The number of thiophene rings is 1. The molecule has 0 saturated carbocycles. The van der Waals surface area contributed by atoms with Gasteiger partial charge in [-0.05, 0) is 30.1 Å². The van der Waals surface area contributed by atoms with E-state index in [-0.39, 0.29) is 29.6 Å². The van der Waals surface area contributed by atoms with Crippen LogP contribution in [0.5, 0.6) is 0 Å². The normalized spacial score (nSPS) is 12.1. The van der Waals surface area contributed by atoms with Crippen LogP contribution in [0.3, 0.4) is 0 Å². The van der Waals surface area contributed by atoms with E-state index in [9.17, 15) is 8.76 Å². The summed E-state index contributed by atoms with van der Waals surface area (Å²) in [7, 11) is 0.